The first-order valence-corrected chi connectivity index (χ1v) is 11.8. The van der Waals surface area contributed by atoms with Crippen LogP contribution in [0, 0.1) is 0 Å². The van der Waals surface area contributed by atoms with E-state index >= 15 is 0 Å². The van der Waals surface area contributed by atoms with Crippen molar-refractivity contribution in [3.05, 3.63) is 82.8 Å². The molecular formula is C25H25N3O2S2. The molecular weight excluding hydrogens is 438 g/mol. The number of amides is 2. The van der Waals surface area contributed by atoms with Crippen molar-refractivity contribution >= 4 is 51.9 Å². The number of benzene rings is 2. The number of nitrogens with zero attached hydrogens (tertiary/aromatic N) is 3. The minimum atomic E-state index is -0.197. The van der Waals surface area contributed by atoms with Gasteiger partial charge in [0, 0.05) is 31.9 Å². The number of carbonyl (C=O) groups is 2. The summed E-state index contributed by atoms with van der Waals surface area (Å²) in [6.07, 6.45) is 3.86. The highest BCUT2D eigenvalue weighted by Gasteiger charge is 2.34. The molecule has 7 heteroatoms. The summed E-state index contributed by atoms with van der Waals surface area (Å²) in [5.41, 5.74) is 3.20. The van der Waals surface area contributed by atoms with Crippen LogP contribution in [0.3, 0.4) is 0 Å². The molecule has 32 heavy (non-hydrogen) atoms. The first kappa shape index (κ1) is 22.3. The standard InChI is InChI=1S/C25H25N3O2S2/c1-19(16-20-8-4-2-5-9-20)17-22-24(30)28(25(31)32-22)18-23(29)27-14-12-26(13-15-27)21-10-6-3-7-11-21/h2-11,16-17H,12-15,18H2,1H3/b19-16+,22-17-. The quantitative estimate of drug-likeness (QED) is 0.492. The number of allylic oxidation sites excluding steroid dienone is 2. The van der Waals surface area contributed by atoms with Gasteiger partial charge >= 0.3 is 0 Å². The van der Waals surface area contributed by atoms with Crippen LogP contribution in [0.15, 0.2) is 77.2 Å². The van der Waals surface area contributed by atoms with E-state index in [1.54, 1.807) is 0 Å². The highest BCUT2D eigenvalue weighted by molar-refractivity contribution is 8.26. The molecule has 2 aliphatic rings. The Morgan fingerprint density at radius 3 is 2.28 bits per heavy atom. The van der Waals surface area contributed by atoms with Gasteiger partial charge in [-0.05, 0) is 36.3 Å². The molecule has 0 spiro atoms. The van der Waals surface area contributed by atoms with Crippen LogP contribution in [0.2, 0.25) is 0 Å². The van der Waals surface area contributed by atoms with Gasteiger partial charge in [-0.25, -0.2) is 0 Å². The fraction of sp³-hybridized carbons (Fsp3) is 0.240. The second kappa shape index (κ2) is 10.1. The molecule has 0 N–H and O–H groups in total. The molecule has 2 fully saturated rings. The number of rotatable bonds is 5. The summed E-state index contributed by atoms with van der Waals surface area (Å²) in [5.74, 6) is -0.260. The third-order valence-corrected chi connectivity index (χ3v) is 6.85. The number of thioether (sulfide) groups is 1. The predicted molar refractivity (Wildman–Crippen MR) is 135 cm³/mol. The molecule has 5 nitrogen and oxygen atoms in total. The zero-order chi connectivity index (χ0) is 22.5. The first-order chi connectivity index (χ1) is 15.5. The molecule has 4 rings (SSSR count). The van der Waals surface area contributed by atoms with Crippen molar-refractivity contribution in [2.45, 2.75) is 6.92 Å². The van der Waals surface area contributed by atoms with Crippen molar-refractivity contribution in [2.75, 3.05) is 37.6 Å². The number of hydrogen-bond donors (Lipinski definition) is 0. The van der Waals surface area contributed by atoms with Gasteiger partial charge < -0.3 is 9.80 Å². The molecule has 0 radical (unpaired) electrons. The van der Waals surface area contributed by atoms with E-state index in [1.807, 2.05) is 72.5 Å². The van der Waals surface area contributed by atoms with E-state index in [4.69, 9.17) is 12.2 Å². The number of anilines is 1. The number of para-hydroxylation sites is 1. The molecule has 0 saturated carbocycles. The average Bonchev–Trinajstić information content (AvgIpc) is 3.07. The van der Waals surface area contributed by atoms with Crippen LogP contribution in [0.4, 0.5) is 5.69 Å². The molecule has 2 saturated heterocycles. The van der Waals surface area contributed by atoms with E-state index in [9.17, 15) is 9.59 Å². The molecule has 2 aliphatic heterocycles. The highest BCUT2D eigenvalue weighted by Crippen LogP contribution is 2.32. The third-order valence-electron chi connectivity index (χ3n) is 5.47. The van der Waals surface area contributed by atoms with Crippen LogP contribution in [-0.2, 0) is 9.59 Å². The van der Waals surface area contributed by atoms with Crippen molar-refractivity contribution in [2.24, 2.45) is 0 Å². The summed E-state index contributed by atoms with van der Waals surface area (Å²) < 4.78 is 0.435. The first-order valence-electron chi connectivity index (χ1n) is 10.6. The fourth-order valence-corrected chi connectivity index (χ4v) is 5.09. The monoisotopic (exact) mass is 463 g/mol. The number of thiocarbonyl (C=S) groups is 1. The van der Waals surface area contributed by atoms with E-state index < -0.39 is 0 Å². The lowest BCUT2D eigenvalue weighted by molar-refractivity contribution is -0.135. The van der Waals surface area contributed by atoms with Crippen LogP contribution in [0.1, 0.15) is 12.5 Å². The van der Waals surface area contributed by atoms with Gasteiger partial charge in [0.25, 0.3) is 5.91 Å². The summed E-state index contributed by atoms with van der Waals surface area (Å²) in [6, 6.07) is 20.1. The fourth-order valence-electron chi connectivity index (χ4n) is 3.79. The zero-order valence-electron chi connectivity index (χ0n) is 17.9. The van der Waals surface area contributed by atoms with Crippen molar-refractivity contribution < 1.29 is 9.59 Å². The summed E-state index contributed by atoms with van der Waals surface area (Å²) in [6.45, 7) is 4.77. The topological polar surface area (TPSA) is 43.9 Å². The summed E-state index contributed by atoms with van der Waals surface area (Å²) in [4.78, 5) is 31.8. The van der Waals surface area contributed by atoms with Crippen molar-refractivity contribution in [1.29, 1.82) is 0 Å². The Kier molecular flexibility index (Phi) is 7.07. The molecule has 0 bridgehead atoms. The highest BCUT2D eigenvalue weighted by atomic mass is 32.2. The maximum absolute atomic E-state index is 12.9. The van der Waals surface area contributed by atoms with E-state index in [0.29, 0.717) is 22.3 Å². The Balaban J connectivity index is 1.35. The van der Waals surface area contributed by atoms with Gasteiger partial charge in [0.15, 0.2) is 0 Å². The number of carbonyl (C=O) groups excluding carboxylic acids is 2. The van der Waals surface area contributed by atoms with Crippen molar-refractivity contribution in [1.82, 2.24) is 9.80 Å². The Bertz CT molecular complexity index is 1060. The van der Waals surface area contributed by atoms with Gasteiger partial charge in [-0.3, -0.25) is 14.5 Å². The normalized spacial score (nSPS) is 18.6. The molecule has 0 aromatic heterocycles. The van der Waals surface area contributed by atoms with Gasteiger partial charge in [0.1, 0.15) is 10.9 Å². The van der Waals surface area contributed by atoms with E-state index in [2.05, 4.69) is 17.0 Å². The summed E-state index contributed by atoms with van der Waals surface area (Å²) >= 11 is 6.66. The van der Waals surface area contributed by atoms with Crippen LogP contribution in [0.5, 0.6) is 0 Å². The predicted octanol–water partition coefficient (Wildman–Crippen LogP) is 4.18. The number of piperazine rings is 1. The number of hydrogen-bond acceptors (Lipinski definition) is 5. The molecule has 0 atom stereocenters. The second-order valence-corrected chi connectivity index (χ2v) is 9.45. The van der Waals surface area contributed by atoms with E-state index in [0.717, 1.165) is 24.2 Å². The van der Waals surface area contributed by atoms with Crippen LogP contribution in [-0.4, -0.2) is 58.7 Å². The lowest BCUT2D eigenvalue weighted by Gasteiger charge is -2.36. The van der Waals surface area contributed by atoms with Crippen LogP contribution in [0.25, 0.3) is 6.08 Å². The second-order valence-electron chi connectivity index (χ2n) is 7.77. The van der Waals surface area contributed by atoms with Crippen molar-refractivity contribution in [3.63, 3.8) is 0 Å². The Morgan fingerprint density at radius 2 is 1.62 bits per heavy atom. The lowest BCUT2D eigenvalue weighted by Crippen LogP contribution is -2.51. The maximum Gasteiger partial charge on any atom is 0.266 e. The minimum absolute atomic E-state index is 0.00517. The van der Waals surface area contributed by atoms with Gasteiger partial charge in [0.2, 0.25) is 5.91 Å². The Morgan fingerprint density at radius 1 is 1.00 bits per heavy atom. The SMILES string of the molecule is CC(/C=C1\SC(=S)N(CC(=O)N2CCN(c3ccccc3)CC2)C1=O)=C\c1ccccc1. The van der Waals surface area contributed by atoms with Crippen molar-refractivity contribution in [3.8, 4) is 0 Å². The van der Waals surface area contributed by atoms with Gasteiger partial charge in [0.05, 0.1) is 4.91 Å². The van der Waals surface area contributed by atoms with Gasteiger partial charge in [-0.15, -0.1) is 0 Å². The van der Waals surface area contributed by atoms with Crippen LogP contribution < -0.4 is 4.90 Å². The third kappa shape index (κ3) is 5.29. The molecule has 2 aromatic carbocycles. The molecule has 2 amide bonds. The van der Waals surface area contributed by atoms with E-state index in [1.165, 1.54) is 22.3 Å². The Hall–Kier alpha value is -2.90. The van der Waals surface area contributed by atoms with Crippen LogP contribution >= 0.6 is 24.0 Å². The smallest absolute Gasteiger partial charge is 0.266 e. The average molecular weight is 464 g/mol. The molecule has 0 unspecified atom stereocenters. The zero-order valence-corrected chi connectivity index (χ0v) is 19.6. The molecule has 2 aromatic rings. The Labute approximate surface area is 198 Å². The molecule has 164 valence electrons. The largest absolute Gasteiger partial charge is 0.368 e. The summed E-state index contributed by atoms with van der Waals surface area (Å²) in [7, 11) is 0. The minimum Gasteiger partial charge on any atom is -0.368 e. The summed E-state index contributed by atoms with van der Waals surface area (Å²) in [5, 5.41) is 0. The van der Waals surface area contributed by atoms with Gasteiger partial charge in [-0.1, -0.05) is 78.6 Å². The molecule has 2 heterocycles. The molecule has 0 aliphatic carbocycles. The lowest BCUT2D eigenvalue weighted by atomic mass is 10.1. The van der Waals surface area contributed by atoms with E-state index in [-0.39, 0.29) is 18.4 Å². The van der Waals surface area contributed by atoms with Gasteiger partial charge in [-0.2, -0.15) is 0 Å². The maximum atomic E-state index is 12.9.